The number of ether oxygens (including phenoxy) is 1. The molecule has 1 aliphatic heterocycles. The standard InChI is InChI=1S/C11H20O3/c1-3-4-5-6-7-9(11(12)13)10-8(2)14-10/h8-10H,3-7H2,1-2H3,(H,12,13). The van der Waals surface area contributed by atoms with E-state index in [0.29, 0.717) is 0 Å². The summed E-state index contributed by atoms with van der Waals surface area (Å²) in [7, 11) is 0. The van der Waals surface area contributed by atoms with E-state index in [0.717, 1.165) is 19.3 Å². The highest BCUT2D eigenvalue weighted by Gasteiger charge is 2.44. The fraction of sp³-hybridized carbons (Fsp3) is 0.909. The van der Waals surface area contributed by atoms with Gasteiger partial charge in [-0.1, -0.05) is 32.6 Å². The lowest BCUT2D eigenvalue weighted by molar-refractivity contribution is -0.142. The van der Waals surface area contributed by atoms with Crippen molar-refractivity contribution >= 4 is 5.97 Å². The van der Waals surface area contributed by atoms with Gasteiger partial charge < -0.3 is 9.84 Å². The van der Waals surface area contributed by atoms with Crippen LogP contribution in [0.2, 0.25) is 0 Å². The maximum absolute atomic E-state index is 10.9. The maximum Gasteiger partial charge on any atom is 0.309 e. The first-order valence-electron chi connectivity index (χ1n) is 5.55. The van der Waals surface area contributed by atoms with E-state index < -0.39 is 5.97 Å². The van der Waals surface area contributed by atoms with E-state index in [1.807, 2.05) is 6.92 Å². The average Bonchev–Trinajstić information content (AvgIpc) is 2.82. The molecule has 1 fully saturated rings. The van der Waals surface area contributed by atoms with Crippen molar-refractivity contribution in [1.82, 2.24) is 0 Å². The molecule has 0 aromatic carbocycles. The second kappa shape index (κ2) is 5.35. The minimum Gasteiger partial charge on any atom is -0.481 e. The van der Waals surface area contributed by atoms with Crippen LogP contribution in [0, 0.1) is 5.92 Å². The number of carboxylic acid groups (broad SMARTS) is 1. The van der Waals surface area contributed by atoms with Crippen molar-refractivity contribution in [3.8, 4) is 0 Å². The van der Waals surface area contributed by atoms with Gasteiger partial charge in [0.25, 0.3) is 0 Å². The van der Waals surface area contributed by atoms with Crippen molar-refractivity contribution < 1.29 is 14.6 Å². The molecular formula is C11H20O3. The Morgan fingerprint density at radius 3 is 2.50 bits per heavy atom. The SMILES string of the molecule is CCCCCCC(C(=O)O)C1OC1C. The molecule has 3 heteroatoms. The fourth-order valence-electron chi connectivity index (χ4n) is 1.84. The highest BCUT2D eigenvalue weighted by atomic mass is 16.6. The lowest BCUT2D eigenvalue weighted by Crippen LogP contribution is -2.20. The molecule has 1 N–H and O–H groups in total. The number of carbonyl (C=O) groups is 1. The minimum absolute atomic E-state index is 0.0193. The fourth-order valence-corrected chi connectivity index (χ4v) is 1.84. The molecule has 0 aromatic heterocycles. The van der Waals surface area contributed by atoms with Gasteiger partial charge in [0.1, 0.15) is 0 Å². The molecule has 82 valence electrons. The molecule has 0 radical (unpaired) electrons. The summed E-state index contributed by atoms with van der Waals surface area (Å²) >= 11 is 0. The van der Waals surface area contributed by atoms with Crippen LogP contribution >= 0.6 is 0 Å². The summed E-state index contributed by atoms with van der Waals surface area (Å²) in [6, 6.07) is 0. The van der Waals surface area contributed by atoms with Gasteiger partial charge in [-0.2, -0.15) is 0 Å². The van der Waals surface area contributed by atoms with E-state index in [-0.39, 0.29) is 18.1 Å². The van der Waals surface area contributed by atoms with E-state index in [1.165, 1.54) is 12.8 Å². The lowest BCUT2D eigenvalue weighted by atomic mass is 9.96. The van der Waals surface area contributed by atoms with Crippen LogP contribution in [0.5, 0.6) is 0 Å². The number of aliphatic carboxylic acids is 1. The van der Waals surface area contributed by atoms with E-state index in [2.05, 4.69) is 6.92 Å². The zero-order valence-electron chi connectivity index (χ0n) is 9.03. The Morgan fingerprint density at radius 2 is 2.07 bits per heavy atom. The zero-order chi connectivity index (χ0) is 10.6. The van der Waals surface area contributed by atoms with Gasteiger partial charge in [0.05, 0.1) is 18.1 Å². The van der Waals surface area contributed by atoms with Crippen LogP contribution in [0.3, 0.4) is 0 Å². The molecule has 0 aromatic rings. The zero-order valence-corrected chi connectivity index (χ0v) is 9.03. The van der Waals surface area contributed by atoms with Crippen molar-refractivity contribution in [3.05, 3.63) is 0 Å². The van der Waals surface area contributed by atoms with Crippen molar-refractivity contribution in [3.63, 3.8) is 0 Å². The van der Waals surface area contributed by atoms with E-state index in [9.17, 15) is 4.79 Å². The lowest BCUT2D eigenvalue weighted by Gasteiger charge is -2.08. The topological polar surface area (TPSA) is 49.8 Å². The Hall–Kier alpha value is -0.570. The summed E-state index contributed by atoms with van der Waals surface area (Å²) in [5, 5.41) is 8.98. The molecule has 0 aliphatic carbocycles. The van der Waals surface area contributed by atoms with Crippen LogP contribution in [0.1, 0.15) is 46.0 Å². The van der Waals surface area contributed by atoms with Gasteiger partial charge in [0, 0.05) is 0 Å². The molecule has 3 atom stereocenters. The molecule has 14 heavy (non-hydrogen) atoms. The summed E-state index contributed by atoms with van der Waals surface area (Å²) < 4.78 is 5.22. The summed E-state index contributed by atoms with van der Waals surface area (Å²) in [5.41, 5.74) is 0. The molecular weight excluding hydrogens is 180 g/mol. The first-order valence-corrected chi connectivity index (χ1v) is 5.55. The van der Waals surface area contributed by atoms with E-state index in [4.69, 9.17) is 9.84 Å². The average molecular weight is 200 g/mol. The predicted octanol–water partition coefficient (Wildman–Crippen LogP) is 2.44. The van der Waals surface area contributed by atoms with Crippen LogP contribution in [0.4, 0.5) is 0 Å². The molecule has 1 aliphatic rings. The Morgan fingerprint density at radius 1 is 1.43 bits per heavy atom. The predicted molar refractivity (Wildman–Crippen MR) is 54.2 cm³/mol. The highest BCUT2D eigenvalue weighted by Crippen LogP contribution is 2.32. The van der Waals surface area contributed by atoms with Crippen molar-refractivity contribution in [1.29, 1.82) is 0 Å². The number of unbranched alkanes of at least 4 members (excludes halogenated alkanes) is 3. The molecule has 0 amide bonds. The van der Waals surface area contributed by atoms with Crippen LogP contribution in [0.15, 0.2) is 0 Å². The van der Waals surface area contributed by atoms with Crippen LogP contribution in [-0.4, -0.2) is 23.3 Å². The second-order valence-corrected chi connectivity index (χ2v) is 4.10. The highest BCUT2D eigenvalue weighted by molar-refractivity contribution is 5.71. The van der Waals surface area contributed by atoms with Crippen LogP contribution in [0.25, 0.3) is 0 Å². The number of hydrogen-bond acceptors (Lipinski definition) is 2. The van der Waals surface area contributed by atoms with Gasteiger partial charge >= 0.3 is 5.97 Å². The van der Waals surface area contributed by atoms with Crippen molar-refractivity contribution in [2.24, 2.45) is 5.92 Å². The number of rotatable bonds is 7. The number of epoxide rings is 1. The summed E-state index contributed by atoms with van der Waals surface area (Å²) in [6.07, 6.45) is 5.45. The maximum atomic E-state index is 10.9. The molecule has 0 bridgehead atoms. The van der Waals surface area contributed by atoms with Crippen molar-refractivity contribution in [2.45, 2.75) is 58.2 Å². The third-order valence-corrected chi connectivity index (χ3v) is 2.84. The van der Waals surface area contributed by atoms with E-state index >= 15 is 0 Å². The Labute approximate surface area is 85.5 Å². The van der Waals surface area contributed by atoms with Gasteiger partial charge in [0.2, 0.25) is 0 Å². The van der Waals surface area contributed by atoms with Crippen LogP contribution in [-0.2, 0) is 9.53 Å². The van der Waals surface area contributed by atoms with Gasteiger partial charge in [-0.25, -0.2) is 0 Å². The third kappa shape index (κ3) is 3.29. The monoisotopic (exact) mass is 200 g/mol. The molecule has 1 saturated heterocycles. The molecule has 1 heterocycles. The first-order chi connectivity index (χ1) is 6.66. The molecule has 3 unspecified atom stereocenters. The summed E-state index contributed by atoms with van der Waals surface area (Å²) in [4.78, 5) is 10.9. The molecule has 0 spiro atoms. The molecule has 0 saturated carbocycles. The quantitative estimate of drug-likeness (QED) is 0.507. The summed E-state index contributed by atoms with van der Waals surface area (Å²) in [6.45, 7) is 4.09. The first kappa shape index (κ1) is 11.5. The summed E-state index contributed by atoms with van der Waals surface area (Å²) in [5.74, 6) is -0.974. The van der Waals surface area contributed by atoms with Crippen molar-refractivity contribution in [2.75, 3.05) is 0 Å². The Balaban J connectivity index is 2.19. The largest absolute Gasteiger partial charge is 0.481 e. The molecule has 3 nitrogen and oxygen atoms in total. The smallest absolute Gasteiger partial charge is 0.309 e. The van der Waals surface area contributed by atoms with Gasteiger partial charge in [0.15, 0.2) is 0 Å². The number of hydrogen-bond donors (Lipinski definition) is 1. The third-order valence-electron chi connectivity index (χ3n) is 2.84. The Bertz CT molecular complexity index is 191. The van der Waals surface area contributed by atoms with Gasteiger partial charge in [-0.05, 0) is 13.3 Å². The Kier molecular flexibility index (Phi) is 4.39. The van der Waals surface area contributed by atoms with Gasteiger partial charge in [-0.15, -0.1) is 0 Å². The molecule has 1 rings (SSSR count). The minimum atomic E-state index is -0.698. The van der Waals surface area contributed by atoms with Gasteiger partial charge in [-0.3, -0.25) is 4.79 Å². The number of carboxylic acids is 1. The van der Waals surface area contributed by atoms with E-state index in [1.54, 1.807) is 0 Å². The normalized spacial score (nSPS) is 27.3. The second-order valence-electron chi connectivity index (χ2n) is 4.10. The van der Waals surface area contributed by atoms with Crippen LogP contribution < -0.4 is 0 Å².